The van der Waals surface area contributed by atoms with Gasteiger partial charge < -0.3 is 10.6 Å². The van der Waals surface area contributed by atoms with Crippen LogP contribution in [-0.4, -0.2) is 47.0 Å². The number of anilines is 2. The van der Waals surface area contributed by atoms with E-state index >= 15 is 0 Å². The molecule has 2 unspecified atom stereocenters. The highest BCUT2D eigenvalue weighted by molar-refractivity contribution is 7.92. The van der Waals surface area contributed by atoms with E-state index in [1.807, 2.05) is 13.8 Å². The van der Waals surface area contributed by atoms with Crippen molar-refractivity contribution in [2.45, 2.75) is 51.0 Å². The van der Waals surface area contributed by atoms with Crippen LogP contribution in [0, 0.1) is 17.8 Å². The molecule has 0 bridgehead atoms. The number of carbonyl (C=O) groups excluding carboxylic acids is 2. The van der Waals surface area contributed by atoms with Crippen molar-refractivity contribution in [3.05, 3.63) is 53.6 Å². The lowest BCUT2D eigenvalue weighted by Crippen LogP contribution is -2.60. The second kappa shape index (κ2) is 10.5. The number of hydrogen-bond acceptors (Lipinski definition) is 8. The van der Waals surface area contributed by atoms with E-state index in [2.05, 4.69) is 33.6 Å². The molecule has 0 spiro atoms. The molecule has 0 amide bonds. The number of amidine groups is 1. The summed E-state index contributed by atoms with van der Waals surface area (Å²) in [6, 6.07) is 10.9. The standard InChI is InChI=1S/C27H34N4O6S2/c1-16(2)12-13-27(28-15-17(3)4)20-9-7-6-8-19(20)24(32)23(25(27)33)26-29-21-11-10-18(30-38(5,34)35)14-22(21)39(36,37)31-26/h6-11,14,16-17,23,28,30H,12-13,15H2,1-5H3,(H,29,31). The number of Topliss-reactive ketones (excluding diaryl/α,β-unsaturated/α-hetero) is 2. The Morgan fingerprint density at radius 2 is 1.74 bits per heavy atom. The minimum Gasteiger partial charge on any atom is -0.341 e. The summed E-state index contributed by atoms with van der Waals surface area (Å²) < 4.78 is 55.9. The largest absolute Gasteiger partial charge is 0.341 e. The lowest BCUT2D eigenvalue weighted by molar-refractivity contribution is -0.127. The normalized spacial score (nSPS) is 22.2. The first-order chi connectivity index (χ1) is 18.1. The average molecular weight is 575 g/mol. The van der Waals surface area contributed by atoms with E-state index < -0.39 is 43.1 Å². The number of nitrogens with zero attached hydrogens (tertiary/aromatic N) is 1. The second-order valence-corrected chi connectivity index (χ2v) is 14.3. The minimum absolute atomic E-state index is 0.0459. The highest BCUT2D eigenvalue weighted by Crippen LogP contribution is 2.42. The number of sulfonamides is 2. The molecule has 0 saturated heterocycles. The van der Waals surface area contributed by atoms with E-state index in [9.17, 15) is 26.4 Å². The van der Waals surface area contributed by atoms with Crippen molar-refractivity contribution in [3.63, 3.8) is 0 Å². The first-order valence-electron chi connectivity index (χ1n) is 12.8. The number of fused-ring (bicyclic) bond motifs is 2. The molecule has 2 aromatic rings. The zero-order valence-electron chi connectivity index (χ0n) is 22.6. The van der Waals surface area contributed by atoms with Gasteiger partial charge in [0.15, 0.2) is 11.6 Å². The van der Waals surface area contributed by atoms with E-state index in [0.29, 0.717) is 30.5 Å². The molecule has 1 aliphatic carbocycles. The Labute approximate surface area is 229 Å². The third-order valence-corrected chi connectivity index (χ3v) is 8.76. The molecule has 39 heavy (non-hydrogen) atoms. The molecule has 0 aromatic heterocycles. The van der Waals surface area contributed by atoms with Crippen LogP contribution < -0.4 is 15.4 Å². The van der Waals surface area contributed by atoms with Crippen molar-refractivity contribution < 1.29 is 26.4 Å². The molecule has 210 valence electrons. The minimum atomic E-state index is -4.37. The maximum atomic E-state index is 14.4. The van der Waals surface area contributed by atoms with Crippen LogP contribution in [-0.2, 0) is 30.4 Å². The first-order valence-corrected chi connectivity index (χ1v) is 16.1. The van der Waals surface area contributed by atoms with Crippen LogP contribution >= 0.6 is 0 Å². The topological polar surface area (TPSA) is 151 Å². The lowest BCUT2D eigenvalue weighted by atomic mass is 9.66. The monoisotopic (exact) mass is 574 g/mol. The summed E-state index contributed by atoms with van der Waals surface area (Å²) in [5.41, 5.74) is -0.122. The molecule has 1 aliphatic heterocycles. The summed E-state index contributed by atoms with van der Waals surface area (Å²) in [7, 11) is -8.01. The van der Waals surface area contributed by atoms with Gasteiger partial charge >= 0.3 is 0 Å². The Kier molecular flexibility index (Phi) is 7.76. The molecule has 2 aliphatic rings. The average Bonchev–Trinajstić information content (AvgIpc) is 2.83. The van der Waals surface area contributed by atoms with Crippen LogP contribution in [0.4, 0.5) is 11.4 Å². The van der Waals surface area contributed by atoms with Crippen LogP contribution in [0.25, 0.3) is 0 Å². The fraction of sp³-hybridized carbons (Fsp3) is 0.444. The fourth-order valence-corrected chi connectivity index (χ4v) is 6.70. The number of rotatable bonds is 9. The number of nitrogens with one attached hydrogen (secondary N) is 3. The zero-order chi connectivity index (χ0) is 28.8. The molecule has 0 saturated carbocycles. The van der Waals surface area contributed by atoms with Crippen molar-refractivity contribution in [1.29, 1.82) is 0 Å². The number of benzene rings is 2. The molecule has 12 heteroatoms. The summed E-state index contributed by atoms with van der Waals surface area (Å²) in [5.74, 6) is -2.22. The zero-order valence-corrected chi connectivity index (χ0v) is 24.2. The number of hydrogen-bond donors (Lipinski definition) is 3. The highest BCUT2D eigenvalue weighted by Gasteiger charge is 2.54. The third kappa shape index (κ3) is 5.78. The second-order valence-electron chi connectivity index (χ2n) is 11.0. The van der Waals surface area contributed by atoms with Gasteiger partial charge in [-0.1, -0.05) is 52.0 Å². The molecule has 0 radical (unpaired) electrons. The van der Waals surface area contributed by atoms with Crippen LogP contribution in [0.5, 0.6) is 0 Å². The fourth-order valence-electron chi connectivity index (χ4n) is 4.97. The number of ketones is 2. The van der Waals surface area contributed by atoms with Gasteiger partial charge in [-0.05, 0) is 55.0 Å². The smallest absolute Gasteiger partial charge is 0.286 e. The summed E-state index contributed by atoms with van der Waals surface area (Å²) in [6.45, 7) is 8.67. The maximum Gasteiger partial charge on any atom is 0.286 e. The van der Waals surface area contributed by atoms with Gasteiger partial charge in [0, 0.05) is 11.3 Å². The molecular weight excluding hydrogens is 540 g/mol. The lowest BCUT2D eigenvalue weighted by Gasteiger charge is -2.42. The first kappa shape index (κ1) is 28.9. The van der Waals surface area contributed by atoms with E-state index in [-0.39, 0.29) is 33.9 Å². The molecule has 1 heterocycles. The van der Waals surface area contributed by atoms with Gasteiger partial charge in [-0.3, -0.25) is 14.3 Å². The van der Waals surface area contributed by atoms with Crippen LogP contribution in [0.15, 0.2) is 51.8 Å². The van der Waals surface area contributed by atoms with Crippen LogP contribution in [0.1, 0.15) is 56.5 Å². The summed E-state index contributed by atoms with van der Waals surface area (Å²) >= 11 is 0. The van der Waals surface area contributed by atoms with Crippen molar-refractivity contribution in [3.8, 4) is 0 Å². The molecule has 2 atom stereocenters. The summed E-state index contributed by atoms with van der Waals surface area (Å²) in [4.78, 5) is 27.9. The van der Waals surface area contributed by atoms with Crippen molar-refractivity contribution in [2.75, 3.05) is 22.8 Å². The summed E-state index contributed by atoms with van der Waals surface area (Å²) in [5, 5.41) is 6.35. The molecule has 0 fully saturated rings. The van der Waals surface area contributed by atoms with E-state index in [1.54, 1.807) is 24.3 Å². The van der Waals surface area contributed by atoms with Gasteiger partial charge in [0.1, 0.15) is 22.2 Å². The Balaban J connectivity index is 1.84. The third-order valence-electron chi connectivity index (χ3n) is 6.82. The van der Waals surface area contributed by atoms with Gasteiger partial charge in [-0.25, -0.2) is 8.42 Å². The van der Waals surface area contributed by atoms with E-state index in [1.165, 1.54) is 12.1 Å². The van der Waals surface area contributed by atoms with Gasteiger partial charge in [0.25, 0.3) is 10.0 Å². The van der Waals surface area contributed by atoms with Gasteiger partial charge in [-0.2, -0.15) is 8.42 Å². The Hall–Kier alpha value is -3.09. The SMILES string of the molecule is CC(C)CCC1(NCC(C)C)C(=O)C(C2=NS(=O)(=O)c3cc(NS(C)(=O)=O)ccc3N2)C(=O)c2ccccc21. The van der Waals surface area contributed by atoms with E-state index in [0.717, 1.165) is 12.3 Å². The Morgan fingerprint density at radius 3 is 2.38 bits per heavy atom. The number of carbonyl (C=O) groups is 2. The molecule has 4 rings (SSSR count). The van der Waals surface area contributed by atoms with Gasteiger partial charge in [0.2, 0.25) is 10.0 Å². The van der Waals surface area contributed by atoms with Gasteiger partial charge in [0.05, 0.1) is 11.9 Å². The van der Waals surface area contributed by atoms with Crippen molar-refractivity contribution in [2.24, 2.45) is 22.2 Å². The predicted octanol–water partition coefficient (Wildman–Crippen LogP) is 3.53. The highest BCUT2D eigenvalue weighted by atomic mass is 32.2. The van der Waals surface area contributed by atoms with Crippen LogP contribution in [0.2, 0.25) is 0 Å². The van der Waals surface area contributed by atoms with Crippen molar-refractivity contribution >= 4 is 48.8 Å². The molecule has 10 nitrogen and oxygen atoms in total. The quantitative estimate of drug-likeness (QED) is 0.385. The molecule has 2 aromatic carbocycles. The van der Waals surface area contributed by atoms with E-state index in [4.69, 9.17) is 0 Å². The maximum absolute atomic E-state index is 14.4. The Morgan fingerprint density at radius 1 is 1.05 bits per heavy atom. The van der Waals surface area contributed by atoms with Crippen LogP contribution in [0.3, 0.4) is 0 Å². The summed E-state index contributed by atoms with van der Waals surface area (Å²) in [6.07, 6.45) is 2.07. The van der Waals surface area contributed by atoms with Gasteiger partial charge in [-0.15, -0.1) is 4.40 Å². The van der Waals surface area contributed by atoms with Crippen molar-refractivity contribution in [1.82, 2.24) is 5.32 Å². The molecular formula is C27H34N4O6S2. The molecule has 3 N–H and O–H groups in total. The Bertz CT molecular complexity index is 1550. The predicted molar refractivity (Wildman–Crippen MR) is 151 cm³/mol.